The molecule has 0 radical (unpaired) electrons. The van der Waals surface area contributed by atoms with Gasteiger partial charge in [-0.15, -0.1) is 0 Å². The minimum atomic E-state index is -0.362. The average Bonchev–Trinajstić information content (AvgIpc) is 3.16. The number of rotatable bonds is 10. The van der Waals surface area contributed by atoms with Crippen molar-refractivity contribution in [1.29, 1.82) is 0 Å². The van der Waals surface area contributed by atoms with E-state index in [1.807, 2.05) is 43.0 Å². The van der Waals surface area contributed by atoms with Gasteiger partial charge >= 0.3 is 5.97 Å². The molecule has 3 rings (SSSR count). The molecule has 8 heteroatoms. The summed E-state index contributed by atoms with van der Waals surface area (Å²) in [6.45, 7) is 5.01. The van der Waals surface area contributed by atoms with Crippen LogP contribution in [0.4, 0.5) is 11.4 Å². The number of esters is 1. The first kappa shape index (κ1) is 24.8. The molecule has 0 saturated heterocycles. The molecule has 1 atom stereocenters. The van der Waals surface area contributed by atoms with E-state index in [1.54, 1.807) is 12.1 Å². The predicted octanol–water partition coefficient (Wildman–Crippen LogP) is 5.38. The van der Waals surface area contributed by atoms with Gasteiger partial charge in [-0.1, -0.05) is 29.3 Å². The monoisotopic (exact) mass is 513 g/mol. The van der Waals surface area contributed by atoms with Gasteiger partial charge < -0.3 is 15.8 Å². The molecular formula is C25H32BrN5O2. The molecule has 3 N–H and O–H groups in total. The summed E-state index contributed by atoms with van der Waals surface area (Å²) in [5.74, 6) is 0.162. The minimum absolute atomic E-state index is 0.362. The number of unbranched alkanes of at least 4 members (excludes halogenated alkanes) is 1. The number of nitrogens with two attached hydrogens (primary N) is 1. The summed E-state index contributed by atoms with van der Waals surface area (Å²) in [7, 11) is 3.34. The zero-order valence-electron chi connectivity index (χ0n) is 19.7. The van der Waals surface area contributed by atoms with Crippen molar-refractivity contribution in [1.82, 2.24) is 14.8 Å². The van der Waals surface area contributed by atoms with Gasteiger partial charge in [0.05, 0.1) is 35.9 Å². The second kappa shape index (κ2) is 11.3. The van der Waals surface area contributed by atoms with Crippen molar-refractivity contribution >= 4 is 33.3 Å². The fourth-order valence-electron chi connectivity index (χ4n) is 3.87. The molecule has 0 aliphatic carbocycles. The summed E-state index contributed by atoms with van der Waals surface area (Å²) in [6, 6.07) is 9.37. The molecule has 2 heterocycles. The Kier molecular flexibility index (Phi) is 8.49. The SMILES string of the molecule is COC(=O)c1cc(C)nc(-c2cnn(C)c2CCCCC(C)CNc2cc(Br)ccc2N)c1. The molecule has 0 spiro atoms. The molecule has 3 aromatic rings. The molecule has 1 unspecified atom stereocenters. The topological polar surface area (TPSA) is 95.1 Å². The Morgan fingerprint density at radius 1 is 1.27 bits per heavy atom. The number of ether oxygens (including phenoxy) is 1. The lowest BCUT2D eigenvalue weighted by atomic mass is 10.0. The Labute approximate surface area is 203 Å². The van der Waals surface area contributed by atoms with E-state index in [4.69, 9.17) is 10.5 Å². The van der Waals surface area contributed by atoms with Crippen molar-refractivity contribution in [2.75, 3.05) is 24.7 Å². The Morgan fingerprint density at radius 3 is 2.82 bits per heavy atom. The van der Waals surface area contributed by atoms with Crippen molar-refractivity contribution in [3.8, 4) is 11.3 Å². The number of aromatic nitrogens is 3. The van der Waals surface area contributed by atoms with Crippen LogP contribution < -0.4 is 11.1 Å². The summed E-state index contributed by atoms with van der Waals surface area (Å²) in [5, 5.41) is 7.90. The van der Waals surface area contributed by atoms with E-state index in [-0.39, 0.29) is 5.97 Å². The quantitative estimate of drug-likeness (QED) is 0.214. The van der Waals surface area contributed by atoms with Gasteiger partial charge in [-0.3, -0.25) is 9.67 Å². The van der Waals surface area contributed by atoms with E-state index in [1.165, 1.54) is 7.11 Å². The number of carbonyl (C=O) groups is 1. The Hall–Kier alpha value is -2.87. The summed E-state index contributed by atoms with van der Waals surface area (Å²) in [4.78, 5) is 16.6. The van der Waals surface area contributed by atoms with Crippen LogP contribution in [0.1, 0.15) is 47.9 Å². The predicted molar refractivity (Wildman–Crippen MR) is 136 cm³/mol. The largest absolute Gasteiger partial charge is 0.465 e. The van der Waals surface area contributed by atoms with Crippen LogP contribution in [0.15, 0.2) is 41.0 Å². The van der Waals surface area contributed by atoms with Crippen molar-refractivity contribution in [3.63, 3.8) is 0 Å². The third-order valence-electron chi connectivity index (χ3n) is 5.73. The molecule has 0 aliphatic heterocycles. The molecule has 0 amide bonds. The summed E-state index contributed by atoms with van der Waals surface area (Å²) >= 11 is 3.49. The highest BCUT2D eigenvalue weighted by molar-refractivity contribution is 9.10. The van der Waals surface area contributed by atoms with Gasteiger partial charge in [0, 0.05) is 35.0 Å². The van der Waals surface area contributed by atoms with Gasteiger partial charge in [0.2, 0.25) is 0 Å². The second-order valence-electron chi connectivity index (χ2n) is 8.47. The first-order chi connectivity index (χ1) is 15.8. The number of nitrogen functional groups attached to an aromatic ring is 1. The van der Waals surface area contributed by atoms with E-state index >= 15 is 0 Å². The maximum absolute atomic E-state index is 12.0. The van der Waals surface area contributed by atoms with E-state index in [2.05, 4.69) is 38.3 Å². The molecule has 0 aliphatic rings. The van der Waals surface area contributed by atoms with Crippen LogP contribution in [0, 0.1) is 12.8 Å². The lowest BCUT2D eigenvalue weighted by molar-refractivity contribution is 0.0600. The normalized spacial score (nSPS) is 11.9. The van der Waals surface area contributed by atoms with Crippen molar-refractivity contribution < 1.29 is 9.53 Å². The van der Waals surface area contributed by atoms with Crippen LogP contribution in [0.3, 0.4) is 0 Å². The number of methoxy groups -OCH3 is 1. The fraction of sp³-hybridized carbons (Fsp3) is 0.400. The third-order valence-corrected chi connectivity index (χ3v) is 6.22. The molecule has 0 fully saturated rings. The zero-order valence-corrected chi connectivity index (χ0v) is 21.3. The van der Waals surface area contributed by atoms with Crippen molar-refractivity contribution in [2.45, 2.75) is 39.5 Å². The molecule has 33 heavy (non-hydrogen) atoms. The number of anilines is 2. The van der Waals surface area contributed by atoms with Crippen LogP contribution in [-0.2, 0) is 18.2 Å². The van der Waals surface area contributed by atoms with Gasteiger partial charge in [-0.05, 0) is 62.4 Å². The van der Waals surface area contributed by atoms with E-state index in [0.29, 0.717) is 11.5 Å². The van der Waals surface area contributed by atoms with Gasteiger partial charge in [-0.25, -0.2) is 4.79 Å². The van der Waals surface area contributed by atoms with Crippen molar-refractivity contribution in [3.05, 3.63) is 58.0 Å². The first-order valence-corrected chi connectivity index (χ1v) is 11.9. The van der Waals surface area contributed by atoms with Gasteiger partial charge in [-0.2, -0.15) is 5.10 Å². The number of carbonyl (C=O) groups excluding carboxylic acids is 1. The van der Waals surface area contributed by atoms with Gasteiger partial charge in [0.1, 0.15) is 0 Å². The Morgan fingerprint density at radius 2 is 2.06 bits per heavy atom. The lowest BCUT2D eigenvalue weighted by Crippen LogP contribution is -2.12. The number of pyridine rings is 1. The average molecular weight is 514 g/mol. The maximum atomic E-state index is 12.0. The molecule has 176 valence electrons. The van der Waals surface area contributed by atoms with Crippen LogP contribution in [-0.4, -0.2) is 34.4 Å². The molecule has 2 aromatic heterocycles. The Balaban J connectivity index is 1.56. The van der Waals surface area contributed by atoms with E-state index in [9.17, 15) is 4.79 Å². The van der Waals surface area contributed by atoms with Crippen LogP contribution in [0.2, 0.25) is 0 Å². The summed E-state index contributed by atoms with van der Waals surface area (Å²) in [5.41, 5.74) is 11.9. The number of aryl methyl sites for hydroxylation is 2. The zero-order chi connectivity index (χ0) is 24.0. The summed E-state index contributed by atoms with van der Waals surface area (Å²) < 4.78 is 7.79. The number of hydrogen-bond donors (Lipinski definition) is 2. The van der Waals surface area contributed by atoms with Crippen LogP contribution in [0.5, 0.6) is 0 Å². The van der Waals surface area contributed by atoms with Crippen LogP contribution in [0.25, 0.3) is 11.3 Å². The first-order valence-electron chi connectivity index (χ1n) is 11.2. The lowest BCUT2D eigenvalue weighted by Gasteiger charge is -2.15. The van der Waals surface area contributed by atoms with Gasteiger partial charge in [0.25, 0.3) is 0 Å². The van der Waals surface area contributed by atoms with E-state index < -0.39 is 0 Å². The number of benzene rings is 1. The summed E-state index contributed by atoms with van der Waals surface area (Å²) in [6.07, 6.45) is 5.99. The fourth-order valence-corrected chi connectivity index (χ4v) is 4.23. The van der Waals surface area contributed by atoms with Crippen LogP contribution >= 0.6 is 15.9 Å². The van der Waals surface area contributed by atoms with E-state index in [0.717, 1.165) is 70.7 Å². The van der Waals surface area contributed by atoms with Crippen molar-refractivity contribution in [2.24, 2.45) is 13.0 Å². The molecule has 0 saturated carbocycles. The maximum Gasteiger partial charge on any atom is 0.337 e. The number of nitrogens with one attached hydrogen (secondary N) is 1. The number of nitrogens with zero attached hydrogens (tertiary/aromatic N) is 3. The Bertz CT molecular complexity index is 1110. The molecular weight excluding hydrogens is 482 g/mol. The second-order valence-corrected chi connectivity index (χ2v) is 9.38. The molecule has 0 bridgehead atoms. The minimum Gasteiger partial charge on any atom is -0.465 e. The smallest absolute Gasteiger partial charge is 0.337 e. The highest BCUT2D eigenvalue weighted by Crippen LogP contribution is 2.26. The standard InChI is InChI=1S/C25H32BrN5O2/c1-16(14-28-23-13-19(26)9-10-21(23)27)7-5-6-8-24-20(15-29-31(24)3)22-12-18(25(32)33-4)11-17(2)30-22/h9-13,15-16,28H,5-8,14,27H2,1-4H3. The third kappa shape index (κ3) is 6.57. The van der Waals surface area contributed by atoms with Gasteiger partial charge in [0.15, 0.2) is 0 Å². The highest BCUT2D eigenvalue weighted by atomic mass is 79.9. The molecule has 7 nitrogen and oxygen atoms in total. The number of hydrogen-bond acceptors (Lipinski definition) is 6. The highest BCUT2D eigenvalue weighted by Gasteiger charge is 2.16. The molecule has 1 aromatic carbocycles. The number of halogens is 1.